The number of amides is 2. The van der Waals surface area contributed by atoms with Crippen molar-refractivity contribution in [2.24, 2.45) is 11.8 Å². The molecule has 6 rings (SSSR count). The summed E-state index contributed by atoms with van der Waals surface area (Å²) in [6, 6.07) is 5.70. The first-order valence-corrected chi connectivity index (χ1v) is 14.6. The molecule has 4 heterocycles. The fourth-order valence-corrected chi connectivity index (χ4v) is 7.64. The Morgan fingerprint density at radius 3 is 2.36 bits per heavy atom. The molecule has 2 fully saturated rings. The predicted molar refractivity (Wildman–Crippen MR) is 155 cm³/mol. The van der Waals surface area contributed by atoms with Crippen LogP contribution in [0.1, 0.15) is 23.5 Å². The molecule has 2 amide bonds. The molecule has 3 aliphatic heterocycles. The highest BCUT2D eigenvalue weighted by Crippen LogP contribution is 2.61. The van der Waals surface area contributed by atoms with Gasteiger partial charge in [0.2, 0.25) is 5.91 Å². The van der Waals surface area contributed by atoms with E-state index in [0.717, 1.165) is 9.80 Å². The number of carbonyl (C=O) groups is 3. The number of aryl methyl sites for hydroxylation is 1. The highest BCUT2D eigenvalue weighted by molar-refractivity contribution is 6.38. The zero-order valence-corrected chi connectivity index (χ0v) is 25.8. The van der Waals surface area contributed by atoms with Gasteiger partial charge in [0, 0.05) is 45.8 Å². The first-order chi connectivity index (χ1) is 20.6. The van der Waals surface area contributed by atoms with Crippen LogP contribution in [-0.2, 0) is 31.3 Å². The minimum absolute atomic E-state index is 0.00334. The van der Waals surface area contributed by atoms with Gasteiger partial charge in [0.25, 0.3) is 11.8 Å². The number of ether oxygens (including phenoxy) is 1. The van der Waals surface area contributed by atoms with E-state index in [0.29, 0.717) is 0 Å². The van der Waals surface area contributed by atoms with E-state index in [4.69, 9.17) is 60.0 Å². The standard InChI is InChI=1S/C28H21Cl4F2N3O7/c1-11-19(44-26(41)43-11)9-42-24(39)21-20(23(38)36(2)15-4-12(29)3-13(30)5-15)18-8-27(33,34)10-37(18)28(21)16-6-14(31)7-17(32)22(16)35-25(28)40/h3-7,18,20-21H,8-10H2,1-2H3,(H,35,40)/t18-,20?,21-,28+/m0/s1. The van der Waals surface area contributed by atoms with Crippen LogP contribution < -0.4 is 16.0 Å². The van der Waals surface area contributed by atoms with Crippen molar-refractivity contribution < 1.29 is 36.7 Å². The van der Waals surface area contributed by atoms with Gasteiger partial charge in [-0.2, -0.15) is 0 Å². The van der Waals surface area contributed by atoms with Gasteiger partial charge in [0.05, 0.1) is 23.2 Å². The van der Waals surface area contributed by atoms with Gasteiger partial charge in [-0.1, -0.05) is 46.4 Å². The van der Waals surface area contributed by atoms with Crippen LogP contribution >= 0.6 is 46.4 Å². The molecule has 44 heavy (non-hydrogen) atoms. The van der Waals surface area contributed by atoms with Gasteiger partial charge in [-0.3, -0.25) is 19.3 Å². The van der Waals surface area contributed by atoms with E-state index in [1.165, 1.54) is 44.3 Å². The van der Waals surface area contributed by atoms with Crippen molar-refractivity contribution in [1.29, 1.82) is 0 Å². The lowest BCUT2D eigenvalue weighted by Crippen LogP contribution is -2.54. The van der Waals surface area contributed by atoms with Crippen LogP contribution in [0.3, 0.4) is 0 Å². The third kappa shape index (κ3) is 4.78. The van der Waals surface area contributed by atoms with Gasteiger partial charge in [-0.05, 0) is 37.3 Å². The third-order valence-electron chi connectivity index (χ3n) is 8.32. The fourth-order valence-electron chi connectivity index (χ4n) is 6.58. The fraction of sp³-hybridized carbons (Fsp3) is 0.357. The second kappa shape index (κ2) is 10.7. The Kier molecular flexibility index (Phi) is 7.52. The van der Waals surface area contributed by atoms with Crippen molar-refractivity contribution in [3.8, 4) is 0 Å². The quantitative estimate of drug-likeness (QED) is 0.340. The molecule has 0 saturated carbocycles. The van der Waals surface area contributed by atoms with E-state index in [2.05, 4.69) is 5.32 Å². The maximum Gasteiger partial charge on any atom is 0.519 e. The molecule has 1 N–H and O–H groups in total. The molecule has 232 valence electrons. The zero-order valence-electron chi connectivity index (χ0n) is 22.8. The molecule has 1 spiro atoms. The van der Waals surface area contributed by atoms with Crippen LogP contribution in [0.5, 0.6) is 0 Å². The van der Waals surface area contributed by atoms with Crippen LogP contribution in [0.15, 0.2) is 44.0 Å². The summed E-state index contributed by atoms with van der Waals surface area (Å²) in [4.78, 5) is 56.4. The number of fused-ring (bicyclic) bond motifs is 4. The molecule has 2 saturated heterocycles. The molecule has 3 aliphatic rings. The number of rotatable bonds is 5. The molecule has 2 aromatic carbocycles. The molecule has 4 atom stereocenters. The summed E-state index contributed by atoms with van der Waals surface area (Å²) in [5, 5.41) is 3.08. The predicted octanol–water partition coefficient (Wildman–Crippen LogP) is 5.66. The lowest BCUT2D eigenvalue weighted by Gasteiger charge is -2.36. The smallest absolute Gasteiger partial charge is 0.457 e. The lowest BCUT2D eigenvalue weighted by atomic mass is 9.73. The molecule has 3 aromatic rings. The van der Waals surface area contributed by atoms with Crippen LogP contribution in [0.2, 0.25) is 20.1 Å². The first kappa shape index (κ1) is 30.8. The van der Waals surface area contributed by atoms with Crippen molar-refractivity contribution >= 4 is 75.6 Å². The van der Waals surface area contributed by atoms with E-state index in [9.17, 15) is 19.2 Å². The molecule has 16 heteroatoms. The van der Waals surface area contributed by atoms with Crippen molar-refractivity contribution in [2.45, 2.75) is 37.5 Å². The third-order valence-corrected chi connectivity index (χ3v) is 9.28. The molecular formula is C28H21Cl4F2N3O7. The van der Waals surface area contributed by atoms with Gasteiger partial charge >= 0.3 is 11.8 Å². The topological polar surface area (TPSA) is 122 Å². The first-order valence-electron chi connectivity index (χ1n) is 13.1. The van der Waals surface area contributed by atoms with Gasteiger partial charge in [-0.15, -0.1) is 0 Å². The monoisotopic (exact) mass is 689 g/mol. The summed E-state index contributed by atoms with van der Waals surface area (Å²) in [7, 11) is 1.37. The summed E-state index contributed by atoms with van der Waals surface area (Å²) < 4.78 is 45.7. The van der Waals surface area contributed by atoms with Crippen LogP contribution in [0.4, 0.5) is 20.2 Å². The Balaban J connectivity index is 1.53. The molecule has 10 nitrogen and oxygen atoms in total. The zero-order chi connectivity index (χ0) is 31.9. The number of anilines is 2. The van der Waals surface area contributed by atoms with E-state index in [1.807, 2.05) is 0 Å². The highest BCUT2D eigenvalue weighted by Gasteiger charge is 2.75. The normalized spacial score (nSPS) is 25.2. The molecular weight excluding hydrogens is 670 g/mol. The van der Waals surface area contributed by atoms with Crippen molar-refractivity contribution in [3.63, 3.8) is 0 Å². The molecule has 1 aromatic heterocycles. The Morgan fingerprint density at radius 2 is 1.73 bits per heavy atom. The maximum atomic E-state index is 15.2. The Hall–Kier alpha value is -3.16. The number of halogens is 6. The number of nitrogens with one attached hydrogen (secondary N) is 1. The van der Waals surface area contributed by atoms with E-state index >= 15 is 8.78 Å². The van der Waals surface area contributed by atoms with E-state index in [1.54, 1.807) is 0 Å². The maximum absolute atomic E-state index is 15.2. The molecule has 0 aliphatic carbocycles. The van der Waals surface area contributed by atoms with E-state index in [-0.39, 0.29) is 48.5 Å². The number of esters is 1. The number of hydrogen-bond acceptors (Lipinski definition) is 8. The summed E-state index contributed by atoms with van der Waals surface area (Å²) in [5.41, 5.74) is -1.85. The summed E-state index contributed by atoms with van der Waals surface area (Å²) >= 11 is 25.1. The molecule has 1 unspecified atom stereocenters. The Labute approximate surface area is 267 Å². The Bertz CT molecular complexity index is 1780. The van der Waals surface area contributed by atoms with Gasteiger partial charge < -0.3 is 23.8 Å². The van der Waals surface area contributed by atoms with Crippen molar-refractivity contribution in [3.05, 3.63) is 78.1 Å². The van der Waals surface area contributed by atoms with Gasteiger partial charge in [-0.25, -0.2) is 13.6 Å². The van der Waals surface area contributed by atoms with E-state index < -0.39 is 72.5 Å². The SMILES string of the molecule is Cc1oc(=O)oc1COC(=O)[C@@H]1C(C(=O)N(C)c2cc(Cl)cc(Cl)c2)[C@@H]2CC(F)(F)CN2[C@@]12C(=O)Nc1c(Cl)cc(Cl)cc12. The highest BCUT2D eigenvalue weighted by atomic mass is 35.5. The number of carbonyl (C=O) groups excluding carboxylic acids is 3. The second-order valence-electron chi connectivity index (χ2n) is 10.9. The van der Waals surface area contributed by atoms with Gasteiger partial charge in [0.1, 0.15) is 11.5 Å². The average molecular weight is 691 g/mol. The summed E-state index contributed by atoms with van der Waals surface area (Å²) in [6.07, 6.45) is -0.842. The van der Waals surface area contributed by atoms with Gasteiger partial charge in [0.15, 0.2) is 18.1 Å². The van der Waals surface area contributed by atoms with Crippen molar-refractivity contribution in [2.75, 3.05) is 23.8 Å². The molecule has 0 bridgehead atoms. The number of hydrogen-bond donors (Lipinski definition) is 1. The van der Waals surface area contributed by atoms with Crippen LogP contribution in [-0.4, -0.2) is 48.2 Å². The summed E-state index contributed by atoms with van der Waals surface area (Å²) in [5.74, 6) is -10.4. The largest absolute Gasteiger partial charge is 0.519 e. The number of benzene rings is 2. The van der Waals surface area contributed by atoms with Crippen LogP contribution in [0.25, 0.3) is 0 Å². The minimum Gasteiger partial charge on any atom is -0.457 e. The lowest BCUT2D eigenvalue weighted by molar-refractivity contribution is -0.160. The number of alkyl halides is 2. The second-order valence-corrected chi connectivity index (χ2v) is 12.6. The molecule has 0 radical (unpaired) electrons. The number of nitrogens with zero attached hydrogens (tertiary/aromatic N) is 2. The average Bonchev–Trinajstić information content (AvgIpc) is 3.60. The summed E-state index contributed by atoms with van der Waals surface area (Å²) in [6.45, 7) is -0.148. The minimum atomic E-state index is -3.33. The van der Waals surface area contributed by atoms with Crippen LogP contribution in [0, 0.1) is 18.8 Å². The Morgan fingerprint density at radius 1 is 1.07 bits per heavy atom. The van der Waals surface area contributed by atoms with Crippen molar-refractivity contribution in [1.82, 2.24) is 4.90 Å².